The summed E-state index contributed by atoms with van der Waals surface area (Å²) in [5.41, 5.74) is 0. The average molecular weight is 1120 g/mol. The molecule has 3 rings (SSSR count). The SMILES string of the molecule is CC(=O)N[C@H]1[C@H]([C@H](O)[C@H](O)CO)O[C@@](O[C@H](CO)[C@@H](O)[C@@H]2O[C@@](O[C@H]3[C@@H](O)[C@@H](CO)O[C@@H](O[C@@H]([C@H](O)[C@@H](O)CNCCOP(=O)(O)OCC(O)CO)[C@H](O)CO)[C@@H]3O)(C(=O)O)C[C@H](O)[C@H]2NC(C)=O)(C(=O)O)C[C@@H]1O. The van der Waals surface area contributed by atoms with Gasteiger partial charge in [-0.25, -0.2) is 14.2 Å². The van der Waals surface area contributed by atoms with Crippen LogP contribution in [-0.2, 0) is 61.2 Å². The minimum Gasteiger partial charge on any atom is -0.477 e. The van der Waals surface area contributed by atoms with Crippen molar-refractivity contribution in [1.82, 2.24) is 16.0 Å². The van der Waals surface area contributed by atoms with Crippen molar-refractivity contribution in [1.29, 1.82) is 0 Å². The third-order valence-corrected chi connectivity index (χ3v) is 12.9. The Morgan fingerprint density at radius 3 is 1.73 bits per heavy atom. The first-order valence-electron chi connectivity index (χ1n) is 22.9. The van der Waals surface area contributed by atoms with Crippen molar-refractivity contribution in [2.45, 2.75) is 160 Å². The zero-order valence-corrected chi connectivity index (χ0v) is 41.0. The van der Waals surface area contributed by atoms with Gasteiger partial charge in [0.2, 0.25) is 11.8 Å². The predicted molar refractivity (Wildman–Crippen MR) is 234 cm³/mol. The van der Waals surface area contributed by atoms with Gasteiger partial charge >= 0.3 is 19.8 Å². The van der Waals surface area contributed by atoms with Gasteiger partial charge in [-0.3, -0.25) is 18.6 Å². The fourth-order valence-corrected chi connectivity index (χ4v) is 8.87. The van der Waals surface area contributed by atoms with E-state index in [4.69, 9.17) is 33.5 Å². The fourth-order valence-electron chi connectivity index (χ4n) is 8.12. The number of phosphoric ester groups is 1. The number of phosphoric acid groups is 1. The van der Waals surface area contributed by atoms with E-state index in [-0.39, 0.29) is 6.54 Å². The Kier molecular flexibility index (Phi) is 25.9. The van der Waals surface area contributed by atoms with E-state index in [2.05, 4.69) is 25.0 Å². The van der Waals surface area contributed by atoms with Gasteiger partial charge in [-0.2, -0.15) is 0 Å². The first-order chi connectivity index (χ1) is 35.0. The maximum Gasteiger partial charge on any atom is 0.472 e. The van der Waals surface area contributed by atoms with E-state index in [9.17, 15) is 115 Å². The molecular weight excluding hydrogens is 1050 g/mol. The van der Waals surface area contributed by atoms with Crippen LogP contribution in [0.25, 0.3) is 0 Å². The van der Waals surface area contributed by atoms with Crippen molar-refractivity contribution < 1.29 is 158 Å². The lowest BCUT2D eigenvalue weighted by Gasteiger charge is -2.51. The molecule has 2 amide bonds. The van der Waals surface area contributed by atoms with Gasteiger partial charge in [0.15, 0.2) is 6.29 Å². The third kappa shape index (κ3) is 17.3. The molecule has 3 saturated heterocycles. The zero-order chi connectivity index (χ0) is 56.9. The highest BCUT2D eigenvalue weighted by Gasteiger charge is 2.62. The number of aliphatic hydroxyl groups is 16. The monoisotopic (exact) mass is 1120 g/mol. The van der Waals surface area contributed by atoms with Gasteiger partial charge < -0.3 is 141 Å². The van der Waals surface area contributed by atoms with Crippen molar-refractivity contribution in [2.75, 3.05) is 59.3 Å². The molecule has 0 aliphatic carbocycles. The van der Waals surface area contributed by atoms with E-state index >= 15 is 0 Å². The molecule has 36 heteroatoms. The van der Waals surface area contributed by atoms with Crippen molar-refractivity contribution in [3.8, 4) is 0 Å². The molecule has 2 unspecified atom stereocenters. The molecule has 0 saturated carbocycles. The normalized spacial score (nSPS) is 34.8. The lowest BCUT2D eigenvalue weighted by atomic mass is 9.87. The van der Waals surface area contributed by atoms with E-state index in [1.165, 1.54) is 0 Å². The minimum absolute atomic E-state index is 0.334. The molecule has 35 nitrogen and oxygen atoms in total. The first kappa shape index (κ1) is 66.4. The second kappa shape index (κ2) is 29.3. The van der Waals surface area contributed by atoms with Crippen LogP contribution in [0.3, 0.4) is 0 Å². The Labute approximate surface area is 424 Å². The highest BCUT2D eigenvalue weighted by Crippen LogP contribution is 2.43. The number of carboxylic acids is 2. The summed E-state index contributed by atoms with van der Waals surface area (Å²) in [6.45, 7) is -6.32. The van der Waals surface area contributed by atoms with Gasteiger partial charge in [-0.05, 0) is 0 Å². The number of amides is 2. The minimum atomic E-state index is -4.73. The quantitative estimate of drug-likeness (QED) is 0.0226. The number of aliphatic carboxylic acids is 2. The number of rotatable bonds is 31. The lowest BCUT2D eigenvalue weighted by molar-refractivity contribution is -0.380. The highest BCUT2D eigenvalue weighted by molar-refractivity contribution is 7.47. The molecule has 0 aromatic carbocycles. The van der Waals surface area contributed by atoms with Crippen molar-refractivity contribution >= 4 is 31.6 Å². The maximum atomic E-state index is 13.3. The number of hydrogen-bond acceptors (Lipinski definition) is 30. The van der Waals surface area contributed by atoms with Crippen LogP contribution in [0.15, 0.2) is 0 Å². The molecule has 0 aromatic rings. The lowest BCUT2D eigenvalue weighted by Crippen LogP contribution is -2.71. The molecule has 3 fully saturated rings. The molecule has 22 N–H and O–H groups in total. The highest BCUT2D eigenvalue weighted by atomic mass is 31.2. The van der Waals surface area contributed by atoms with Crippen molar-refractivity contribution in [3.05, 3.63) is 0 Å². The molecule has 0 radical (unpaired) electrons. The molecule has 0 bridgehead atoms. The second-order valence-electron chi connectivity index (χ2n) is 17.7. The van der Waals surface area contributed by atoms with Crippen molar-refractivity contribution in [3.63, 3.8) is 0 Å². The Morgan fingerprint density at radius 2 is 1.24 bits per heavy atom. The Bertz CT molecular complexity index is 1870. The van der Waals surface area contributed by atoms with Crippen LogP contribution in [-0.4, -0.2) is 314 Å². The van der Waals surface area contributed by atoms with Crippen LogP contribution in [0, 0.1) is 0 Å². The molecular formula is C39H70N3O32P. The number of carboxylic acid groups (broad SMARTS) is 2. The van der Waals surface area contributed by atoms with Crippen LogP contribution in [0.1, 0.15) is 26.7 Å². The second-order valence-corrected chi connectivity index (χ2v) is 19.1. The summed E-state index contributed by atoms with van der Waals surface area (Å²) in [6, 6.07) is -3.66. The molecule has 3 aliphatic rings. The van der Waals surface area contributed by atoms with Gasteiger partial charge in [0, 0.05) is 39.8 Å². The van der Waals surface area contributed by atoms with Crippen LogP contribution < -0.4 is 16.0 Å². The Balaban J connectivity index is 1.96. The van der Waals surface area contributed by atoms with Gasteiger partial charge in [0.1, 0.15) is 85.5 Å². The molecule has 3 heterocycles. The van der Waals surface area contributed by atoms with Gasteiger partial charge in [-0.15, -0.1) is 0 Å². The molecule has 23 atom stereocenters. The van der Waals surface area contributed by atoms with Crippen LogP contribution >= 0.6 is 7.82 Å². The number of carbonyl (C=O) groups excluding carboxylic acids is 2. The number of ether oxygens (including phenoxy) is 6. The van der Waals surface area contributed by atoms with Crippen LogP contribution in [0.4, 0.5) is 0 Å². The molecule has 75 heavy (non-hydrogen) atoms. The standard InChI is InChI=1S/C39H70N3O32P/c1-14(48)41-24-17(51)5-38(36(61)62,72-32(24)27(57)20(54)9-44)71-23(12-47)29(59)33-25(42-15(2)49)18(52)6-39(73-33,37(63)64)74-34-28(58)22(11-46)69-35(30(34)60)70-31(21(55)10-45)26(56)19(53)7-40-3-4-67-75(65,66)68-13-16(50)8-43/h16-35,40,43-47,50-60H,3-13H2,1-2H3,(H,41,48)(H,42,49)(H,61,62)(H,63,64)(H,65,66)/t16?,17-,18-,19-,20+,21+,22+,23+,24+,25+,26+,27+,28-,29+,30+,31+,32+,33+,34-,35-,38+,39-/m0/s1. The summed E-state index contributed by atoms with van der Waals surface area (Å²) in [5.74, 6) is -12.9. The topological polar surface area (TPSA) is 580 Å². The largest absolute Gasteiger partial charge is 0.477 e. The maximum absolute atomic E-state index is 13.3. The first-order valence-corrected chi connectivity index (χ1v) is 24.4. The molecule has 3 aliphatic heterocycles. The number of nitrogens with one attached hydrogen (secondary N) is 3. The van der Waals surface area contributed by atoms with E-state index < -0.39 is 231 Å². The number of hydrogen-bond donors (Lipinski definition) is 22. The third-order valence-electron chi connectivity index (χ3n) is 12.0. The molecule has 0 spiro atoms. The van der Waals surface area contributed by atoms with E-state index in [0.29, 0.717) is 0 Å². The number of aliphatic hydroxyl groups excluding tert-OH is 16. The van der Waals surface area contributed by atoms with Gasteiger partial charge in [0.05, 0.1) is 76.6 Å². The van der Waals surface area contributed by atoms with Crippen molar-refractivity contribution in [2.24, 2.45) is 0 Å². The molecule has 438 valence electrons. The van der Waals surface area contributed by atoms with Crippen LogP contribution in [0.2, 0.25) is 0 Å². The summed E-state index contributed by atoms with van der Waals surface area (Å²) < 4.78 is 54.5. The summed E-state index contributed by atoms with van der Waals surface area (Å²) >= 11 is 0. The van der Waals surface area contributed by atoms with E-state index in [1.807, 2.05) is 0 Å². The Hall–Kier alpha value is -2.93. The average Bonchev–Trinajstić information content (AvgIpc) is 3.35. The van der Waals surface area contributed by atoms with E-state index in [0.717, 1.165) is 13.8 Å². The molecule has 0 aromatic heterocycles. The summed E-state index contributed by atoms with van der Waals surface area (Å²) in [5, 5.41) is 197. The summed E-state index contributed by atoms with van der Waals surface area (Å²) in [7, 11) is -4.73. The van der Waals surface area contributed by atoms with Gasteiger partial charge in [0.25, 0.3) is 11.6 Å². The smallest absolute Gasteiger partial charge is 0.472 e. The zero-order valence-electron chi connectivity index (χ0n) is 40.1. The number of carbonyl (C=O) groups is 4. The summed E-state index contributed by atoms with van der Waals surface area (Å²) in [4.78, 5) is 60.3. The van der Waals surface area contributed by atoms with E-state index in [1.54, 1.807) is 0 Å². The predicted octanol–water partition coefficient (Wildman–Crippen LogP) is -12.3. The summed E-state index contributed by atoms with van der Waals surface area (Å²) in [6.07, 6.45) is -42.4. The fraction of sp³-hybridized carbons (Fsp3) is 0.897. The van der Waals surface area contributed by atoms with Gasteiger partial charge in [-0.1, -0.05) is 0 Å². The van der Waals surface area contributed by atoms with Crippen LogP contribution in [0.5, 0.6) is 0 Å². The Morgan fingerprint density at radius 1 is 0.707 bits per heavy atom.